The molecule has 1 aliphatic heterocycles. The molecule has 3 aromatic heterocycles. The monoisotopic (exact) mass is 404 g/mol. The van der Waals surface area contributed by atoms with Crippen LogP contribution in [0.15, 0.2) is 30.6 Å². The maximum atomic E-state index is 11.6. The van der Waals surface area contributed by atoms with Gasteiger partial charge in [-0.05, 0) is 32.0 Å². The number of hydrogen-bond acceptors (Lipinski definition) is 5. The van der Waals surface area contributed by atoms with Crippen molar-refractivity contribution < 1.29 is 9.53 Å². The summed E-state index contributed by atoms with van der Waals surface area (Å²) >= 11 is 0. The number of hydrogen-bond donors (Lipinski definition) is 1. The number of aryl methyl sites for hydroxylation is 3. The Morgan fingerprint density at radius 2 is 2.10 bits per heavy atom. The van der Waals surface area contributed by atoms with E-state index >= 15 is 0 Å². The van der Waals surface area contributed by atoms with Gasteiger partial charge in [-0.15, -0.1) is 0 Å². The van der Waals surface area contributed by atoms with Gasteiger partial charge >= 0.3 is 0 Å². The van der Waals surface area contributed by atoms with E-state index in [2.05, 4.69) is 27.5 Å². The Balaban J connectivity index is 1.58. The summed E-state index contributed by atoms with van der Waals surface area (Å²) in [6.45, 7) is 4.63. The molecule has 5 rings (SSSR count). The maximum absolute atomic E-state index is 11.6. The molecule has 1 amide bonds. The Labute approximate surface area is 173 Å². The fourth-order valence-corrected chi connectivity index (χ4v) is 4.20. The van der Waals surface area contributed by atoms with Crippen molar-refractivity contribution in [2.24, 2.45) is 20.0 Å². The average Bonchev–Trinajstić information content (AvgIpc) is 3.40. The summed E-state index contributed by atoms with van der Waals surface area (Å²) in [6.07, 6.45) is 2.10. The van der Waals surface area contributed by atoms with Crippen molar-refractivity contribution in [3.05, 3.63) is 36.3 Å². The molecule has 1 saturated heterocycles. The summed E-state index contributed by atoms with van der Waals surface area (Å²) in [6, 6.07) is 8.21. The molecule has 8 nitrogen and oxygen atoms in total. The van der Waals surface area contributed by atoms with Gasteiger partial charge in [-0.1, -0.05) is 6.07 Å². The number of nitrogens with zero attached hydrogens (tertiary/aromatic N) is 5. The Morgan fingerprint density at radius 1 is 1.27 bits per heavy atom. The molecule has 0 unspecified atom stereocenters. The minimum absolute atomic E-state index is 0.0722. The molecule has 2 atom stereocenters. The van der Waals surface area contributed by atoms with Crippen LogP contribution in [0.3, 0.4) is 0 Å². The van der Waals surface area contributed by atoms with E-state index in [0.29, 0.717) is 18.8 Å². The van der Waals surface area contributed by atoms with Gasteiger partial charge in [0, 0.05) is 43.9 Å². The third-order valence-electron chi connectivity index (χ3n) is 5.96. The molecule has 0 spiro atoms. The zero-order valence-corrected chi connectivity index (χ0v) is 17.5. The first-order valence-corrected chi connectivity index (χ1v) is 10.1. The molecular formula is C22H24N6O2. The summed E-state index contributed by atoms with van der Waals surface area (Å²) in [5.41, 5.74) is 5.53. The van der Waals surface area contributed by atoms with Crippen LogP contribution in [0.5, 0.6) is 5.88 Å². The molecule has 1 fully saturated rings. The highest BCUT2D eigenvalue weighted by molar-refractivity contribution is 5.89. The van der Waals surface area contributed by atoms with Gasteiger partial charge in [0.1, 0.15) is 11.6 Å². The van der Waals surface area contributed by atoms with Crippen LogP contribution in [0.2, 0.25) is 0 Å². The van der Waals surface area contributed by atoms with Gasteiger partial charge in [0.2, 0.25) is 11.8 Å². The predicted molar refractivity (Wildman–Crippen MR) is 114 cm³/mol. The Kier molecular flexibility index (Phi) is 4.23. The second-order valence-electron chi connectivity index (χ2n) is 8.07. The van der Waals surface area contributed by atoms with Gasteiger partial charge in [0.25, 0.3) is 0 Å². The molecule has 8 heteroatoms. The van der Waals surface area contributed by atoms with Crippen molar-refractivity contribution in [1.82, 2.24) is 29.6 Å². The van der Waals surface area contributed by atoms with Gasteiger partial charge < -0.3 is 14.6 Å². The van der Waals surface area contributed by atoms with Crippen molar-refractivity contribution in [3.63, 3.8) is 0 Å². The SMILES string of the molecule is Cc1nn(C)c2ccc(-c3cc4ncn(C)c4c(O[C@H](C)[C@H]4CNC(=O)C4)n3)cc12. The number of imidazole rings is 1. The van der Waals surface area contributed by atoms with Crippen molar-refractivity contribution in [3.8, 4) is 17.1 Å². The van der Waals surface area contributed by atoms with Crippen LogP contribution >= 0.6 is 0 Å². The zero-order valence-electron chi connectivity index (χ0n) is 17.5. The highest BCUT2D eigenvalue weighted by atomic mass is 16.5. The fraction of sp³-hybridized carbons (Fsp3) is 0.364. The first-order chi connectivity index (χ1) is 14.4. The van der Waals surface area contributed by atoms with Gasteiger partial charge in [-0.3, -0.25) is 9.48 Å². The standard InChI is InChI=1S/C22H24N6O2/c1-12-16-7-14(5-6-19(16)28(4)26-12)17-9-18-21(27(3)11-24-18)22(25-17)30-13(2)15-8-20(29)23-10-15/h5-7,9,11,13,15H,8,10H2,1-4H3,(H,23,29)/t13-,15-/m1/s1. The number of pyridine rings is 1. The number of aromatic nitrogens is 5. The van der Waals surface area contributed by atoms with E-state index in [0.717, 1.165) is 38.9 Å². The van der Waals surface area contributed by atoms with E-state index < -0.39 is 0 Å². The first kappa shape index (κ1) is 18.6. The Hall–Kier alpha value is -3.42. The smallest absolute Gasteiger partial charge is 0.241 e. The van der Waals surface area contributed by atoms with Crippen LogP contribution in [-0.4, -0.2) is 42.9 Å². The van der Waals surface area contributed by atoms with Crippen LogP contribution in [0.4, 0.5) is 0 Å². The summed E-state index contributed by atoms with van der Waals surface area (Å²) in [4.78, 5) is 21.0. The van der Waals surface area contributed by atoms with Crippen LogP contribution < -0.4 is 10.1 Å². The van der Waals surface area contributed by atoms with Crippen LogP contribution in [0.1, 0.15) is 19.0 Å². The van der Waals surface area contributed by atoms with Gasteiger partial charge in [0.05, 0.1) is 28.7 Å². The van der Waals surface area contributed by atoms with E-state index in [-0.39, 0.29) is 17.9 Å². The molecule has 0 radical (unpaired) electrons. The summed E-state index contributed by atoms with van der Waals surface area (Å²) in [5, 5.41) is 8.49. The third-order valence-corrected chi connectivity index (χ3v) is 5.96. The van der Waals surface area contributed by atoms with E-state index in [1.807, 2.05) is 49.3 Å². The normalized spacial score (nSPS) is 17.6. The lowest BCUT2D eigenvalue weighted by Crippen LogP contribution is -2.26. The van der Waals surface area contributed by atoms with E-state index in [4.69, 9.17) is 9.72 Å². The quantitative estimate of drug-likeness (QED) is 0.565. The number of carbonyl (C=O) groups excluding carboxylic acids is 1. The fourth-order valence-electron chi connectivity index (χ4n) is 4.20. The van der Waals surface area contributed by atoms with E-state index in [9.17, 15) is 4.79 Å². The van der Waals surface area contributed by atoms with Gasteiger partial charge in [-0.25, -0.2) is 9.97 Å². The van der Waals surface area contributed by atoms with Gasteiger partial charge in [0.15, 0.2) is 0 Å². The number of rotatable bonds is 4. The highest BCUT2D eigenvalue weighted by Gasteiger charge is 2.29. The molecule has 30 heavy (non-hydrogen) atoms. The van der Waals surface area contributed by atoms with Gasteiger partial charge in [-0.2, -0.15) is 5.10 Å². The highest BCUT2D eigenvalue weighted by Crippen LogP contribution is 2.32. The number of ether oxygens (including phenoxy) is 1. The molecule has 1 N–H and O–H groups in total. The van der Waals surface area contributed by atoms with Crippen molar-refractivity contribution >= 4 is 27.8 Å². The maximum Gasteiger partial charge on any atom is 0.241 e. The molecule has 4 heterocycles. The molecular weight excluding hydrogens is 380 g/mol. The van der Waals surface area contributed by atoms with Crippen LogP contribution in [0, 0.1) is 12.8 Å². The average molecular weight is 404 g/mol. The van der Waals surface area contributed by atoms with E-state index in [1.165, 1.54) is 0 Å². The molecule has 1 aliphatic rings. The van der Waals surface area contributed by atoms with Crippen LogP contribution in [-0.2, 0) is 18.9 Å². The first-order valence-electron chi connectivity index (χ1n) is 10.1. The summed E-state index contributed by atoms with van der Waals surface area (Å²) < 4.78 is 10.1. The lowest BCUT2D eigenvalue weighted by Gasteiger charge is -2.20. The number of fused-ring (bicyclic) bond motifs is 2. The van der Waals surface area contributed by atoms with Crippen molar-refractivity contribution in [1.29, 1.82) is 0 Å². The third kappa shape index (κ3) is 2.99. The summed E-state index contributed by atoms with van der Waals surface area (Å²) in [5.74, 6) is 0.737. The molecule has 0 bridgehead atoms. The number of nitrogens with one attached hydrogen (secondary N) is 1. The topological polar surface area (TPSA) is 86.9 Å². The van der Waals surface area contributed by atoms with Crippen molar-refractivity contribution in [2.75, 3.05) is 6.54 Å². The molecule has 154 valence electrons. The van der Waals surface area contributed by atoms with Crippen LogP contribution in [0.25, 0.3) is 33.2 Å². The second-order valence-corrected chi connectivity index (χ2v) is 8.07. The second kappa shape index (κ2) is 6.83. The molecule has 4 aromatic rings. The lowest BCUT2D eigenvalue weighted by molar-refractivity contribution is -0.119. The number of carbonyl (C=O) groups is 1. The lowest BCUT2D eigenvalue weighted by atomic mass is 10.0. The predicted octanol–water partition coefficient (Wildman–Crippen LogP) is 2.73. The number of amides is 1. The minimum Gasteiger partial charge on any atom is -0.473 e. The Morgan fingerprint density at radius 3 is 2.87 bits per heavy atom. The zero-order chi connectivity index (χ0) is 21.0. The Bertz CT molecular complexity index is 1290. The molecule has 0 saturated carbocycles. The van der Waals surface area contributed by atoms with E-state index in [1.54, 1.807) is 6.33 Å². The number of benzene rings is 1. The van der Waals surface area contributed by atoms with Crippen molar-refractivity contribution in [2.45, 2.75) is 26.4 Å². The molecule has 0 aliphatic carbocycles. The summed E-state index contributed by atoms with van der Waals surface area (Å²) in [7, 11) is 3.88. The largest absolute Gasteiger partial charge is 0.473 e. The minimum atomic E-state index is -0.146. The molecule has 1 aromatic carbocycles.